The van der Waals surface area contributed by atoms with Gasteiger partial charge in [-0.25, -0.2) is 9.97 Å². The lowest BCUT2D eigenvalue weighted by Gasteiger charge is -2.19. The summed E-state index contributed by atoms with van der Waals surface area (Å²) in [5, 5.41) is 5.49. The molecule has 0 bridgehead atoms. The van der Waals surface area contributed by atoms with Crippen LogP contribution in [0.4, 0.5) is 11.6 Å². The van der Waals surface area contributed by atoms with Gasteiger partial charge in [0.1, 0.15) is 11.6 Å². The van der Waals surface area contributed by atoms with Crippen LogP contribution < -0.4 is 10.6 Å². The number of carbonyl (C=O) groups is 2. The molecule has 1 unspecified atom stereocenters. The molecule has 3 rings (SSSR count). The summed E-state index contributed by atoms with van der Waals surface area (Å²) in [5.74, 6) is 0.767. The van der Waals surface area contributed by atoms with Crippen molar-refractivity contribution in [2.45, 2.75) is 25.2 Å². The smallest absolute Gasteiger partial charge is 0.236 e. The van der Waals surface area contributed by atoms with Crippen LogP contribution in [0.5, 0.6) is 0 Å². The lowest BCUT2D eigenvalue weighted by atomic mass is 9.81. The largest absolute Gasteiger partial charge is 0.310 e. The minimum Gasteiger partial charge on any atom is -0.310 e. The van der Waals surface area contributed by atoms with Gasteiger partial charge in [0, 0.05) is 29.0 Å². The van der Waals surface area contributed by atoms with Crippen LogP contribution in [0.15, 0.2) is 0 Å². The summed E-state index contributed by atoms with van der Waals surface area (Å²) in [6.07, 6.45) is 0.797. The van der Waals surface area contributed by atoms with E-state index in [0.29, 0.717) is 33.9 Å². The molecule has 17 heavy (non-hydrogen) atoms. The Bertz CT molecular complexity index is 559. The van der Waals surface area contributed by atoms with Gasteiger partial charge in [-0.3, -0.25) is 9.59 Å². The average molecular weight is 344 g/mol. The maximum atomic E-state index is 12.0. The van der Waals surface area contributed by atoms with Gasteiger partial charge in [0.2, 0.25) is 11.8 Å². The highest BCUT2D eigenvalue weighted by atomic mass is 127. The number of hydrogen-bond acceptors (Lipinski definition) is 4. The molecule has 0 aromatic carbocycles. The molecule has 88 valence electrons. The van der Waals surface area contributed by atoms with Crippen molar-refractivity contribution in [1.82, 2.24) is 9.97 Å². The first kappa shape index (κ1) is 10.9. The van der Waals surface area contributed by atoms with Gasteiger partial charge >= 0.3 is 0 Å². The van der Waals surface area contributed by atoms with Crippen LogP contribution in [-0.2, 0) is 15.0 Å². The first-order valence-corrected chi connectivity index (χ1v) is 6.28. The molecule has 0 saturated carbocycles. The number of carbonyl (C=O) groups excluding carboxylic acids is 2. The topological polar surface area (TPSA) is 84.0 Å². The molecular weight excluding hydrogens is 335 g/mol. The molecule has 0 aliphatic carbocycles. The molecule has 2 aliphatic rings. The second kappa shape index (κ2) is 3.37. The van der Waals surface area contributed by atoms with Crippen molar-refractivity contribution in [2.75, 3.05) is 10.6 Å². The number of anilines is 2. The van der Waals surface area contributed by atoms with E-state index >= 15 is 0 Å². The van der Waals surface area contributed by atoms with E-state index in [1.807, 2.05) is 29.5 Å². The lowest BCUT2D eigenvalue weighted by molar-refractivity contribution is -0.121. The zero-order valence-corrected chi connectivity index (χ0v) is 11.2. The van der Waals surface area contributed by atoms with Crippen LogP contribution in [-0.4, -0.2) is 21.8 Å². The van der Waals surface area contributed by atoms with Crippen LogP contribution in [0, 0.1) is 3.83 Å². The molecule has 1 atom stereocenters. The van der Waals surface area contributed by atoms with Crippen molar-refractivity contribution >= 4 is 46.0 Å². The van der Waals surface area contributed by atoms with E-state index < -0.39 is 5.41 Å². The molecule has 0 radical (unpaired) electrons. The Balaban J connectivity index is 2.30. The van der Waals surface area contributed by atoms with Gasteiger partial charge in [0.25, 0.3) is 0 Å². The highest BCUT2D eigenvalue weighted by Crippen LogP contribution is 2.45. The molecule has 0 saturated heterocycles. The Hall–Kier alpha value is -1.25. The molecule has 2 amide bonds. The average Bonchev–Trinajstić information content (AvgIpc) is 2.39. The Morgan fingerprint density at radius 3 is 2.59 bits per heavy atom. The summed E-state index contributed by atoms with van der Waals surface area (Å²) in [5.41, 5.74) is 0.0162. The first-order chi connectivity index (χ1) is 8.00. The molecule has 0 fully saturated rings. The molecule has 6 nitrogen and oxygen atoms in total. The first-order valence-electron chi connectivity index (χ1n) is 5.20. The number of hydrogen-bond donors (Lipinski definition) is 2. The Morgan fingerprint density at radius 2 is 1.88 bits per heavy atom. The van der Waals surface area contributed by atoms with E-state index in [2.05, 4.69) is 20.6 Å². The molecule has 7 heteroatoms. The van der Waals surface area contributed by atoms with Crippen LogP contribution in [0.1, 0.15) is 25.3 Å². The van der Waals surface area contributed by atoms with Gasteiger partial charge in [-0.05, 0) is 13.3 Å². The van der Waals surface area contributed by atoms with Crippen molar-refractivity contribution in [3.05, 3.63) is 9.39 Å². The molecule has 0 spiro atoms. The van der Waals surface area contributed by atoms with Crippen LogP contribution >= 0.6 is 22.6 Å². The number of nitrogens with one attached hydrogen (secondary N) is 2. The second-order valence-corrected chi connectivity index (χ2v) is 5.36. The van der Waals surface area contributed by atoms with Crippen molar-refractivity contribution in [2.24, 2.45) is 0 Å². The van der Waals surface area contributed by atoms with E-state index in [1.165, 1.54) is 0 Å². The molecule has 2 N–H and O–H groups in total. The van der Waals surface area contributed by atoms with Crippen molar-refractivity contribution in [3.63, 3.8) is 0 Å². The summed E-state index contributed by atoms with van der Waals surface area (Å²) in [4.78, 5) is 32.0. The zero-order valence-electron chi connectivity index (χ0n) is 9.00. The van der Waals surface area contributed by atoms with Crippen LogP contribution in [0.3, 0.4) is 0 Å². The quantitative estimate of drug-likeness (QED) is 0.544. The van der Waals surface area contributed by atoms with Crippen LogP contribution in [0.2, 0.25) is 0 Å². The number of rotatable bonds is 0. The van der Waals surface area contributed by atoms with Gasteiger partial charge in [-0.15, -0.1) is 0 Å². The fourth-order valence-corrected chi connectivity index (χ4v) is 2.78. The molecular formula is C10H9IN4O2. The van der Waals surface area contributed by atoms with E-state index in [4.69, 9.17) is 0 Å². The molecule has 1 aromatic rings. The van der Waals surface area contributed by atoms with E-state index in [9.17, 15) is 9.59 Å². The molecule has 1 aromatic heterocycles. The maximum absolute atomic E-state index is 12.0. The monoisotopic (exact) mass is 344 g/mol. The van der Waals surface area contributed by atoms with Gasteiger partial charge in [0.05, 0.1) is 11.0 Å². The summed E-state index contributed by atoms with van der Waals surface area (Å²) in [6.45, 7) is 1.83. The summed E-state index contributed by atoms with van der Waals surface area (Å²) >= 11 is 1.96. The van der Waals surface area contributed by atoms with Gasteiger partial charge in [-0.1, -0.05) is 0 Å². The maximum Gasteiger partial charge on any atom is 0.236 e. The normalized spacial score (nSPS) is 26.0. The Kier molecular flexibility index (Phi) is 2.16. The summed E-state index contributed by atoms with van der Waals surface area (Å²) < 4.78 is 0.503. The number of halogens is 1. The number of aromatic nitrogens is 2. The Morgan fingerprint density at radius 1 is 1.24 bits per heavy atom. The van der Waals surface area contributed by atoms with Crippen LogP contribution in [0.25, 0.3) is 0 Å². The predicted octanol–water partition coefficient (Wildman–Crippen LogP) is 1.02. The summed E-state index contributed by atoms with van der Waals surface area (Å²) in [7, 11) is 0. The standard InChI is InChI=1S/C10H9IN4O2/c1-10-3-2-4(16)12-6-5(10)7(13-8(10)17)15-9(11)14-6/h2-3H2,1H3,(H2,12,13,14,15,16,17). The SMILES string of the molecule is CC12CCC(=O)Nc3nc(I)nc(c31)NC2=O. The van der Waals surface area contributed by atoms with Crippen molar-refractivity contribution < 1.29 is 9.59 Å². The van der Waals surface area contributed by atoms with Crippen molar-refractivity contribution in [1.29, 1.82) is 0 Å². The fraction of sp³-hybridized carbons (Fsp3) is 0.400. The zero-order chi connectivity index (χ0) is 12.2. The highest BCUT2D eigenvalue weighted by Gasteiger charge is 2.47. The third-order valence-electron chi connectivity index (χ3n) is 3.28. The highest BCUT2D eigenvalue weighted by molar-refractivity contribution is 14.1. The Labute approximate surface area is 111 Å². The fourth-order valence-electron chi connectivity index (χ4n) is 2.29. The van der Waals surface area contributed by atoms with Gasteiger partial charge in [0.15, 0.2) is 3.83 Å². The van der Waals surface area contributed by atoms with Gasteiger partial charge in [-0.2, -0.15) is 0 Å². The van der Waals surface area contributed by atoms with E-state index in [-0.39, 0.29) is 11.8 Å². The van der Waals surface area contributed by atoms with Crippen molar-refractivity contribution in [3.8, 4) is 0 Å². The van der Waals surface area contributed by atoms with E-state index in [0.717, 1.165) is 0 Å². The molecule has 3 heterocycles. The number of nitrogens with zero attached hydrogens (tertiary/aromatic N) is 2. The minimum absolute atomic E-state index is 0.106. The minimum atomic E-state index is -0.700. The second-order valence-electron chi connectivity index (χ2n) is 4.40. The third kappa shape index (κ3) is 1.44. The van der Waals surface area contributed by atoms with Gasteiger partial charge < -0.3 is 10.6 Å². The predicted molar refractivity (Wildman–Crippen MR) is 68.6 cm³/mol. The number of amides is 2. The third-order valence-corrected chi connectivity index (χ3v) is 3.76. The summed E-state index contributed by atoms with van der Waals surface area (Å²) in [6, 6.07) is 0. The molecule has 2 aliphatic heterocycles. The lowest BCUT2D eigenvalue weighted by Crippen LogP contribution is -2.30. The van der Waals surface area contributed by atoms with E-state index in [1.54, 1.807) is 0 Å².